The van der Waals surface area contributed by atoms with E-state index in [9.17, 15) is 0 Å². The lowest BCUT2D eigenvalue weighted by Crippen LogP contribution is -2.74. The summed E-state index contributed by atoms with van der Waals surface area (Å²) in [5.41, 5.74) is 1.47. The van der Waals surface area contributed by atoms with Crippen molar-refractivity contribution < 1.29 is 4.84 Å². The fourth-order valence-corrected chi connectivity index (χ4v) is 2.26. The van der Waals surface area contributed by atoms with E-state index in [1.54, 1.807) is 0 Å². The number of piperazine rings is 1. The smallest absolute Gasteiger partial charge is 0.0651 e. The predicted octanol–water partition coefficient (Wildman–Crippen LogP) is 1.04. The van der Waals surface area contributed by atoms with E-state index < -0.39 is 0 Å². The second kappa shape index (κ2) is 6.12. The molecule has 0 aliphatic carbocycles. The van der Waals surface area contributed by atoms with E-state index in [-0.39, 0.29) is 0 Å². The Balaban J connectivity index is 0.000000239. The van der Waals surface area contributed by atoms with Gasteiger partial charge in [0.2, 0.25) is 0 Å². The summed E-state index contributed by atoms with van der Waals surface area (Å²) in [7, 11) is 0. The number of benzene rings is 1. The Hall–Kier alpha value is -0.940. The van der Waals surface area contributed by atoms with Crippen LogP contribution in [-0.4, -0.2) is 42.3 Å². The predicted molar refractivity (Wildman–Crippen MR) is 68.0 cm³/mol. The van der Waals surface area contributed by atoms with Crippen LogP contribution in [0.4, 0.5) is 0 Å². The van der Waals surface area contributed by atoms with Gasteiger partial charge in [-0.05, 0) is 18.9 Å². The molecule has 17 heavy (non-hydrogen) atoms. The number of hydrazine groups is 1. The second-order valence-electron chi connectivity index (χ2n) is 4.37. The third-order valence-electron chi connectivity index (χ3n) is 3.27. The lowest BCUT2D eigenvalue weighted by Gasteiger charge is -2.59. The molecule has 2 aliphatic heterocycles. The van der Waals surface area contributed by atoms with E-state index in [0.29, 0.717) is 6.61 Å². The van der Waals surface area contributed by atoms with Crippen molar-refractivity contribution in [1.29, 1.82) is 0 Å². The van der Waals surface area contributed by atoms with Crippen molar-refractivity contribution in [1.82, 2.24) is 10.0 Å². The van der Waals surface area contributed by atoms with Gasteiger partial charge in [0.05, 0.1) is 6.61 Å². The van der Waals surface area contributed by atoms with Gasteiger partial charge in [-0.3, -0.25) is 0 Å². The summed E-state index contributed by atoms with van der Waals surface area (Å²) in [6.45, 7) is 6.26. The molecular formula is C13H21N3O. The molecular weight excluding hydrogens is 214 g/mol. The maximum atomic E-state index is 4.53. The van der Waals surface area contributed by atoms with Crippen LogP contribution in [0.25, 0.3) is 0 Å². The van der Waals surface area contributed by atoms with Gasteiger partial charge in [0.25, 0.3) is 0 Å². The van der Waals surface area contributed by atoms with Crippen molar-refractivity contribution in [2.24, 2.45) is 5.90 Å². The molecule has 1 unspecified atom stereocenters. The van der Waals surface area contributed by atoms with Crippen molar-refractivity contribution in [3.8, 4) is 0 Å². The molecule has 1 atom stereocenters. The standard InChI is InChI=1S/C11H14N2.C2H7NO/c1-2-4-10(5-3-1)8-11-9-12-6-7-13(11)12;1-2-4-3/h1-5,11H,6-9H2;2-3H2,1H3. The lowest BCUT2D eigenvalue weighted by atomic mass is 10.00. The SMILES string of the molecule is CCON.c1ccc(CC2CN3CCN23)cc1. The average molecular weight is 235 g/mol. The van der Waals surface area contributed by atoms with Crippen LogP contribution < -0.4 is 5.90 Å². The maximum absolute atomic E-state index is 4.53. The Kier molecular flexibility index (Phi) is 4.50. The highest BCUT2D eigenvalue weighted by Gasteiger charge is 2.42. The largest absolute Gasteiger partial charge is 0.305 e. The molecule has 0 amide bonds. The van der Waals surface area contributed by atoms with Crippen LogP contribution in [0.1, 0.15) is 12.5 Å². The molecule has 0 bridgehead atoms. The number of nitrogens with zero attached hydrogens (tertiary/aromatic N) is 2. The molecule has 2 fully saturated rings. The Labute approximate surface area is 103 Å². The fraction of sp³-hybridized carbons (Fsp3) is 0.538. The Morgan fingerprint density at radius 3 is 2.41 bits per heavy atom. The van der Waals surface area contributed by atoms with Gasteiger partial charge in [-0.25, -0.2) is 15.9 Å². The molecule has 0 spiro atoms. The van der Waals surface area contributed by atoms with Crippen molar-refractivity contribution in [2.45, 2.75) is 19.4 Å². The molecule has 94 valence electrons. The molecule has 1 aromatic carbocycles. The van der Waals surface area contributed by atoms with E-state index >= 15 is 0 Å². The minimum absolute atomic E-state index is 0.597. The summed E-state index contributed by atoms with van der Waals surface area (Å²) >= 11 is 0. The third-order valence-corrected chi connectivity index (χ3v) is 3.27. The summed E-state index contributed by atoms with van der Waals surface area (Å²) < 4.78 is 0. The van der Waals surface area contributed by atoms with Crippen LogP contribution >= 0.6 is 0 Å². The molecule has 1 aromatic rings. The van der Waals surface area contributed by atoms with Gasteiger partial charge >= 0.3 is 0 Å². The highest BCUT2D eigenvalue weighted by atomic mass is 16.6. The first-order valence-electron chi connectivity index (χ1n) is 6.22. The van der Waals surface area contributed by atoms with Crippen LogP contribution in [0.15, 0.2) is 30.3 Å². The molecule has 0 saturated carbocycles. The van der Waals surface area contributed by atoms with Crippen molar-refractivity contribution >= 4 is 0 Å². The summed E-state index contributed by atoms with van der Waals surface area (Å²) in [6, 6.07) is 11.6. The van der Waals surface area contributed by atoms with Crippen LogP contribution in [0.2, 0.25) is 0 Å². The van der Waals surface area contributed by atoms with E-state index in [2.05, 4.69) is 51.1 Å². The minimum Gasteiger partial charge on any atom is -0.305 e. The van der Waals surface area contributed by atoms with Crippen molar-refractivity contribution in [3.63, 3.8) is 0 Å². The normalized spacial score (nSPS) is 22.8. The number of nitrogens with two attached hydrogens (primary N) is 1. The summed E-state index contributed by atoms with van der Waals surface area (Å²) in [5.74, 6) is 4.53. The summed E-state index contributed by atoms with van der Waals surface area (Å²) in [6.07, 6.45) is 1.22. The van der Waals surface area contributed by atoms with Crippen LogP contribution in [-0.2, 0) is 11.3 Å². The summed E-state index contributed by atoms with van der Waals surface area (Å²) in [5, 5.41) is 4.90. The van der Waals surface area contributed by atoms with Gasteiger partial charge in [-0.1, -0.05) is 30.3 Å². The van der Waals surface area contributed by atoms with Gasteiger partial charge in [0.1, 0.15) is 0 Å². The van der Waals surface area contributed by atoms with E-state index in [1.165, 1.54) is 31.6 Å². The maximum Gasteiger partial charge on any atom is 0.0651 e. The first-order chi connectivity index (χ1) is 8.35. The third kappa shape index (κ3) is 3.04. The van der Waals surface area contributed by atoms with Crippen LogP contribution in [0.5, 0.6) is 0 Å². The first kappa shape index (κ1) is 12.5. The van der Waals surface area contributed by atoms with Crippen molar-refractivity contribution in [3.05, 3.63) is 35.9 Å². The monoisotopic (exact) mass is 235 g/mol. The number of hydrogen-bond donors (Lipinski definition) is 1. The van der Waals surface area contributed by atoms with Crippen molar-refractivity contribution in [2.75, 3.05) is 26.2 Å². The minimum atomic E-state index is 0.597. The van der Waals surface area contributed by atoms with Gasteiger partial charge in [0, 0.05) is 25.7 Å². The topological polar surface area (TPSA) is 41.7 Å². The van der Waals surface area contributed by atoms with E-state index in [0.717, 1.165) is 6.04 Å². The van der Waals surface area contributed by atoms with E-state index in [1.807, 2.05) is 6.92 Å². The van der Waals surface area contributed by atoms with Crippen LogP contribution in [0, 0.1) is 0 Å². The molecule has 3 rings (SSSR count). The quantitative estimate of drug-likeness (QED) is 0.795. The van der Waals surface area contributed by atoms with Gasteiger partial charge in [0.15, 0.2) is 0 Å². The number of fused-ring (bicyclic) bond motifs is 1. The van der Waals surface area contributed by atoms with Crippen LogP contribution in [0.3, 0.4) is 0 Å². The second-order valence-corrected chi connectivity index (χ2v) is 4.37. The lowest BCUT2D eigenvalue weighted by molar-refractivity contribution is -0.232. The first-order valence-corrected chi connectivity index (χ1v) is 6.22. The molecule has 2 saturated heterocycles. The van der Waals surface area contributed by atoms with Gasteiger partial charge in [-0.15, -0.1) is 0 Å². The zero-order valence-electron chi connectivity index (χ0n) is 10.4. The molecule has 0 aromatic heterocycles. The molecule has 2 N–H and O–H groups in total. The van der Waals surface area contributed by atoms with Gasteiger partial charge < -0.3 is 4.84 Å². The molecule has 0 radical (unpaired) electrons. The zero-order valence-corrected chi connectivity index (χ0v) is 10.4. The van der Waals surface area contributed by atoms with Gasteiger partial charge in [-0.2, -0.15) is 0 Å². The zero-order chi connectivity index (χ0) is 12.1. The number of hydrogen-bond acceptors (Lipinski definition) is 4. The molecule has 4 nitrogen and oxygen atoms in total. The fourth-order valence-electron chi connectivity index (χ4n) is 2.26. The molecule has 4 heteroatoms. The number of rotatable bonds is 3. The molecule has 2 heterocycles. The highest BCUT2D eigenvalue weighted by molar-refractivity contribution is 5.17. The molecule has 2 aliphatic rings. The average Bonchev–Trinajstić information content (AvgIpc) is 2.36. The Morgan fingerprint density at radius 2 is 2.00 bits per heavy atom. The van der Waals surface area contributed by atoms with E-state index in [4.69, 9.17) is 0 Å². The summed E-state index contributed by atoms with van der Waals surface area (Å²) in [4.78, 5) is 4.04. The highest BCUT2D eigenvalue weighted by Crippen LogP contribution is 2.27. The Morgan fingerprint density at radius 1 is 1.29 bits per heavy atom. The Bertz CT molecular complexity index is 329.